The number of aromatic nitrogens is 2. The van der Waals surface area contributed by atoms with Crippen molar-refractivity contribution < 1.29 is 4.79 Å². The molecule has 0 radical (unpaired) electrons. The summed E-state index contributed by atoms with van der Waals surface area (Å²) >= 11 is 0. The molecule has 2 fully saturated rings. The molecule has 1 aliphatic heterocycles. The number of hydrogen-bond acceptors (Lipinski definition) is 4. The Bertz CT molecular complexity index is 729. The minimum Gasteiger partial charge on any atom is -0.352 e. The molecule has 0 N–H and O–H groups in total. The minimum atomic E-state index is 0.310. The zero-order valence-corrected chi connectivity index (χ0v) is 14.7. The van der Waals surface area contributed by atoms with E-state index >= 15 is 0 Å². The summed E-state index contributed by atoms with van der Waals surface area (Å²) in [7, 11) is 0. The van der Waals surface area contributed by atoms with Crippen LogP contribution in [0.15, 0.2) is 36.4 Å². The lowest BCUT2D eigenvalue weighted by Crippen LogP contribution is -2.49. The van der Waals surface area contributed by atoms with E-state index in [4.69, 9.17) is 0 Å². The van der Waals surface area contributed by atoms with Gasteiger partial charge in [0.15, 0.2) is 5.82 Å². The van der Waals surface area contributed by atoms with E-state index in [1.54, 1.807) is 0 Å². The molecule has 2 aromatic rings. The molecule has 1 aromatic heterocycles. The summed E-state index contributed by atoms with van der Waals surface area (Å²) in [6, 6.07) is 12.6. The third-order valence-corrected chi connectivity index (χ3v) is 5.15. The van der Waals surface area contributed by atoms with Crippen LogP contribution in [0.1, 0.15) is 25.3 Å². The lowest BCUT2D eigenvalue weighted by molar-refractivity contribution is -0.132. The average molecular weight is 336 g/mol. The number of benzene rings is 1. The van der Waals surface area contributed by atoms with Gasteiger partial charge in [-0.25, -0.2) is 0 Å². The van der Waals surface area contributed by atoms with Gasteiger partial charge in [-0.1, -0.05) is 31.2 Å². The topological polar surface area (TPSA) is 49.3 Å². The molecule has 1 saturated heterocycles. The second kappa shape index (κ2) is 6.82. The number of carbonyl (C=O) groups is 1. The average Bonchev–Trinajstić information content (AvgIpc) is 3.53. The van der Waals surface area contributed by atoms with E-state index in [9.17, 15) is 4.79 Å². The summed E-state index contributed by atoms with van der Waals surface area (Å²) in [4.78, 5) is 16.4. The fourth-order valence-corrected chi connectivity index (χ4v) is 3.30. The van der Waals surface area contributed by atoms with Crippen molar-refractivity contribution in [2.45, 2.75) is 26.2 Å². The van der Waals surface area contributed by atoms with E-state index in [1.807, 2.05) is 17.0 Å². The zero-order chi connectivity index (χ0) is 17.2. The van der Waals surface area contributed by atoms with Gasteiger partial charge in [0, 0.05) is 37.7 Å². The number of hydrogen-bond donors (Lipinski definition) is 0. The molecule has 0 bridgehead atoms. The molecule has 130 valence electrons. The maximum absolute atomic E-state index is 12.1. The first-order valence-electron chi connectivity index (χ1n) is 9.21. The Kier molecular flexibility index (Phi) is 4.38. The Morgan fingerprint density at radius 2 is 1.72 bits per heavy atom. The number of anilines is 1. The molecule has 0 atom stereocenters. The molecular formula is C20H24N4O. The summed E-state index contributed by atoms with van der Waals surface area (Å²) in [5.74, 6) is 1.55. The fourth-order valence-electron chi connectivity index (χ4n) is 3.30. The SMILES string of the molecule is CCc1ccc(-c2ccc(N3CCN(C(=O)C4CC4)CC3)nn2)cc1. The summed E-state index contributed by atoms with van der Waals surface area (Å²) in [5.41, 5.74) is 3.32. The summed E-state index contributed by atoms with van der Waals surface area (Å²) in [6.45, 7) is 5.39. The highest BCUT2D eigenvalue weighted by Crippen LogP contribution is 2.31. The van der Waals surface area contributed by atoms with Gasteiger partial charge in [0.05, 0.1) is 5.69 Å². The van der Waals surface area contributed by atoms with Crippen molar-refractivity contribution in [1.29, 1.82) is 0 Å². The predicted octanol–water partition coefficient (Wildman–Crippen LogP) is 2.76. The standard InChI is InChI=1S/C20H24N4O/c1-2-15-3-5-16(6-4-15)18-9-10-19(22-21-18)23-11-13-24(14-12-23)20(25)17-7-8-17/h3-6,9-10,17H,2,7-8,11-14H2,1H3. The van der Waals surface area contributed by atoms with Crippen molar-refractivity contribution in [3.8, 4) is 11.3 Å². The predicted molar refractivity (Wildman–Crippen MR) is 98.4 cm³/mol. The monoisotopic (exact) mass is 336 g/mol. The number of piperazine rings is 1. The van der Waals surface area contributed by atoms with Crippen LogP contribution in [0.4, 0.5) is 5.82 Å². The summed E-state index contributed by atoms with van der Waals surface area (Å²) in [5, 5.41) is 8.81. The summed E-state index contributed by atoms with van der Waals surface area (Å²) in [6.07, 6.45) is 3.19. The van der Waals surface area contributed by atoms with Crippen molar-refractivity contribution in [2.75, 3.05) is 31.1 Å². The third kappa shape index (κ3) is 3.50. The Morgan fingerprint density at radius 3 is 2.28 bits per heavy atom. The molecule has 0 spiro atoms. The van der Waals surface area contributed by atoms with Crippen LogP contribution in [-0.2, 0) is 11.2 Å². The highest BCUT2D eigenvalue weighted by atomic mass is 16.2. The number of rotatable bonds is 4. The molecule has 1 amide bonds. The molecule has 1 aliphatic carbocycles. The molecule has 1 aromatic carbocycles. The number of carbonyl (C=O) groups excluding carboxylic acids is 1. The molecule has 4 rings (SSSR count). The maximum atomic E-state index is 12.1. The normalized spacial score (nSPS) is 17.6. The van der Waals surface area contributed by atoms with Crippen LogP contribution in [0, 0.1) is 5.92 Å². The zero-order valence-electron chi connectivity index (χ0n) is 14.7. The first-order valence-corrected chi connectivity index (χ1v) is 9.21. The maximum Gasteiger partial charge on any atom is 0.225 e. The van der Waals surface area contributed by atoms with E-state index in [0.29, 0.717) is 11.8 Å². The van der Waals surface area contributed by atoms with Crippen molar-refractivity contribution in [1.82, 2.24) is 15.1 Å². The Morgan fingerprint density at radius 1 is 1.00 bits per heavy atom. The van der Waals surface area contributed by atoms with Gasteiger partial charge in [-0.3, -0.25) is 4.79 Å². The van der Waals surface area contributed by atoms with Crippen LogP contribution in [0.2, 0.25) is 0 Å². The Hall–Kier alpha value is -2.43. The first-order chi connectivity index (χ1) is 12.2. The van der Waals surface area contributed by atoms with Gasteiger partial charge in [-0.2, -0.15) is 0 Å². The van der Waals surface area contributed by atoms with Crippen LogP contribution in [0.5, 0.6) is 0 Å². The molecule has 5 heteroatoms. The number of amides is 1. The molecule has 2 heterocycles. The molecule has 5 nitrogen and oxygen atoms in total. The van der Waals surface area contributed by atoms with Gasteiger partial charge in [0.2, 0.25) is 5.91 Å². The van der Waals surface area contributed by atoms with Crippen molar-refractivity contribution >= 4 is 11.7 Å². The molecule has 2 aliphatic rings. The quantitative estimate of drug-likeness (QED) is 0.861. The Balaban J connectivity index is 1.39. The van der Waals surface area contributed by atoms with E-state index in [-0.39, 0.29) is 0 Å². The second-order valence-electron chi connectivity index (χ2n) is 6.91. The van der Waals surface area contributed by atoms with Crippen LogP contribution in [0.25, 0.3) is 11.3 Å². The minimum absolute atomic E-state index is 0.310. The van der Waals surface area contributed by atoms with Gasteiger partial charge in [-0.05, 0) is 37.0 Å². The van der Waals surface area contributed by atoms with Crippen LogP contribution in [-0.4, -0.2) is 47.2 Å². The number of nitrogens with zero attached hydrogens (tertiary/aromatic N) is 4. The number of aryl methyl sites for hydroxylation is 1. The molecule has 0 unspecified atom stereocenters. The third-order valence-electron chi connectivity index (χ3n) is 5.15. The highest BCUT2D eigenvalue weighted by molar-refractivity contribution is 5.81. The van der Waals surface area contributed by atoms with Crippen LogP contribution >= 0.6 is 0 Å². The first kappa shape index (κ1) is 16.1. The largest absolute Gasteiger partial charge is 0.352 e. The molecular weight excluding hydrogens is 312 g/mol. The van der Waals surface area contributed by atoms with Gasteiger partial charge < -0.3 is 9.80 Å². The van der Waals surface area contributed by atoms with E-state index < -0.39 is 0 Å². The van der Waals surface area contributed by atoms with Crippen LogP contribution in [0.3, 0.4) is 0 Å². The molecule has 25 heavy (non-hydrogen) atoms. The smallest absolute Gasteiger partial charge is 0.225 e. The van der Waals surface area contributed by atoms with Gasteiger partial charge in [-0.15, -0.1) is 10.2 Å². The highest BCUT2D eigenvalue weighted by Gasteiger charge is 2.34. The Labute approximate surface area is 148 Å². The van der Waals surface area contributed by atoms with Crippen molar-refractivity contribution in [2.24, 2.45) is 5.92 Å². The summed E-state index contributed by atoms with van der Waals surface area (Å²) < 4.78 is 0. The lowest BCUT2D eigenvalue weighted by atomic mass is 10.1. The second-order valence-corrected chi connectivity index (χ2v) is 6.91. The van der Waals surface area contributed by atoms with Gasteiger partial charge in [0.25, 0.3) is 0 Å². The van der Waals surface area contributed by atoms with Gasteiger partial charge in [0.1, 0.15) is 0 Å². The van der Waals surface area contributed by atoms with Gasteiger partial charge >= 0.3 is 0 Å². The van der Waals surface area contributed by atoms with Crippen molar-refractivity contribution in [3.63, 3.8) is 0 Å². The van der Waals surface area contributed by atoms with E-state index in [0.717, 1.165) is 62.5 Å². The fraction of sp³-hybridized carbons (Fsp3) is 0.450. The van der Waals surface area contributed by atoms with E-state index in [1.165, 1.54) is 5.56 Å². The van der Waals surface area contributed by atoms with Crippen LogP contribution < -0.4 is 4.90 Å². The van der Waals surface area contributed by atoms with Crippen molar-refractivity contribution in [3.05, 3.63) is 42.0 Å². The molecule has 1 saturated carbocycles. The van der Waals surface area contributed by atoms with E-state index in [2.05, 4.69) is 46.3 Å². The lowest BCUT2D eigenvalue weighted by Gasteiger charge is -2.35.